The van der Waals surface area contributed by atoms with Crippen molar-refractivity contribution in [1.82, 2.24) is 9.97 Å². The van der Waals surface area contributed by atoms with Crippen molar-refractivity contribution in [3.63, 3.8) is 0 Å². The van der Waals surface area contributed by atoms with Crippen molar-refractivity contribution in [2.24, 2.45) is 5.92 Å². The minimum absolute atomic E-state index is 0.0969. The zero-order chi connectivity index (χ0) is 13.7. The molecule has 0 saturated heterocycles. The predicted octanol–water partition coefficient (Wildman–Crippen LogP) is 3.05. The van der Waals surface area contributed by atoms with E-state index in [9.17, 15) is 5.11 Å². The fourth-order valence-electron chi connectivity index (χ4n) is 2.60. The Balaban J connectivity index is 1.93. The fraction of sp³-hybridized carbons (Fsp3) is 0.714. The zero-order valence-corrected chi connectivity index (χ0v) is 12.2. The second kappa shape index (κ2) is 7.06. The maximum Gasteiger partial charge on any atom is 0.137 e. The van der Waals surface area contributed by atoms with Gasteiger partial charge in [0.25, 0.3) is 0 Å². The SMILES string of the molecule is CCCc1c(Cl)ncnc1NCC1CCC(O)CC1. The van der Waals surface area contributed by atoms with E-state index in [2.05, 4.69) is 22.2 Å². The Morgan fingerprint density at radius 3 is 2.74 bits per heavy atom. The molecule has 0 radical (unpaired) electrons. The number of halogens is 1. The van der Waals surface area contributed by atoms with Gasteiger partial charge in [0.2, 0.25) is 0 Å². The van der Waals surface area contributed by atoms with Crippen LogP contribution in [0.15, 0.2) is 6.33 Å². The first kappa shape index (κ1) is 14.5. The van der Waals surface area contributed by atoms with Gasteiger partial charge in [0.05, 0.1) is 6.10 Å². The highest BCUT2D eigenvalue weighted by Gasteiger charge is 2.19. The van der Waals surface area contributed by atoms with Crippen LogP contribution in [0.4, 0.5) is 5.82 Å². The van der Waals surface area contributed by atoms with Crippen molar-refractivity contribution in [2.45, 2.75) is 51.6 Å². The van der Waals surface area contributed by atoms with E-state index in [4.69, 9.17) is 11.6 Å². The van der Waals surface area contributed by atoms with Crippen LogP contribution < -0.4 is 5.32 Å². The third-order valence-electron chi connectivity index (χ3n) is 3.77. The molecule has 5 heteroatoms. The van der Waals surface area contributed by atoms with Gasteiger partial charge < -0.3 is 10.4 Å². The molecular formula is C14H22ClN3O. The Morgan fingerprint density at radius 1 is 1.32 bits per heavy atom. The number of rotatable bonds is 5. The quantitative estimate of drug-likeness (QED) is 0.816. The van der Waals surface area contributed by atoms with Crippen LogP contribution in [-0.2, 0) is 6.42 Å². The first-order valence-electron chi connectivity index (χ1n) is 7.12. The zero-order valence-electron chi connectivity index (χ0n) is 11.4. The Morgan fingerprint density at radius 2 is 2.05 bits per heavy atom. The average molecular weight is 284 g/mol. The molecule has 1 fully saturated rings. The van der Waals surface area contributed by atoms with Crippen LogP contribution in [0.1, 0.15) is 44.6 Å². The molecule has 2 rings (SSSR count). The van der Waals surface area contributed by atoms with E-state index in [0.29, 0.717) is 11.1 Å². The van der Waals surface area contributed by atoms with Gasteiger partial charge in [-0.3, -0.25) is 0 Å². The first-order chi connectivity index (χ1) is 9.20. The maximum absolute atomic E-state index is 9.50. The summed E-state index contributed by atoms with van der Waals surface area (Å²) in [4.78, 5) is 8.35. The van der Waals surface area contributed by atoms with Gasteiger partial charge in [-0.2, -0.15) is 0 Å². The second-order valence-corrected chi connectivity index (χ2v) is 5.66. The van der Waals surface area contributed by atoms with Gasteiger partial charge in [0.15, 0.2) is 0 Å². The molecule has 0 bridgehead atoms. The highest BCUT2D eigenvalue weighted by atomic mass is 35.5. The molecule has 1 heterocycles. The molecule has 1 aliphatic rings. The first-order valence-corrected chi connectivity index (χ1v) is 7.49. The maximum atomic E-state index is 9.50. The molecule has 1 saturated carbocycles. The van der Waals surface area contributed by atoms with Gasteiger partial charge in [-0.05, 0) is 38.0 Å². The lowest BCUT2D eigenvalue weighted by atomic mass is 9.87. The average Bonchev–Trinajstić information content (AvgIpc) is 2.41. The third kappa shape index (κ3) is 4.05. The Bertz CT molecular complexity index is 406. The van der Waals surface area contributed by atoms with Gasteiger partial charge in [-0.25, -0.2) is 9.97 Å². The summed E-state index contributed by atoms with van der Waals surface area (Å²) >= 11 is 6.12. The standard InChI is InChI=1S/C14H22ClN3O/c1-2-3-12-13(15)17-9-18-14(12)16-8-10-4-6-11(19)7-5-10/h9-11,19H,2-8H2,1H3,(H,16,17,18). The van der Waals surface area contributed by atoms with Crippen LogP contribution >= 0.6 is 11.6 Å². The molecule has 0 spiro atoms. The van der Waals surface area contributed by atoms with Gasteiger partial charge in [-0.15, -0.1) is 0 Å². The largest absolute Gasteiger partial charge is 0.393 e. The van der Waals surface area contributed by atoms with Crippen molar-refractivity contribution >= 4 is 17.4 Å². The lowest BCUT2D eigenvalue weighted by molar-refractivity contribution is 0.111. The monoisotopic (exact) mass is 283 g/mol. The molecule has 1 aliphatic carbocycles. The number of hydrogen-bond acceptors (Lipinski definition) is 4. The van der Waals surface area contributed by atoms with Crippen molar-refractivity contribution in [3.05, 3.63) is 17.0 Å². The summed E-state index contributed by atoms with van der Waals surface area (Å²) in [7, 11) is 0. The van der Waals surface area contributed by atoms with Crippen LogP contribution in [0.2, 0.25) is 5.15 Å². The summed E-state index contributed by atoms with van der Waals surface area (Å²) in [5.41, 5.74) is 1.02. The Labute approximate surface area is 119 Å². The van der Waals surface area contributed by atoms with E-state index in [-0.39, 0.29) is 6.10 Å². The summed E-state index contributed by atoms with van der Waals surface area (Å²) < 4.78 is 0. The molecule has 0 amide bonds. The minimum Gasteiger partial charge on any atom is -0.393 e. The molecule has 2 N–H and O–H groups in total. The Kier molecular flexibility index (Phi) is 5.40. The highest BCUT2D eigenvalue weighted by molar-refractivity contribution is 6.30. The van der Waals surface area contributed by atoms with E-state index in [1.54, 1.807) is 0 Å². The predicted molar refractivity (Wildman–Crippen MR) is 77.5 cm³/mol. The molecular weight excluding hydrogens is 262 g/mol. The number of hydrogen-bond donors (Lipinski definition) is 2. The molecule has 4 nitrogen and oxygen atoms in total. The van der Waals surface area contributed by atoms with Gasteiger partial charge in [0.1, 0.15) is 17.3 Å². The summed E-state index contributed by atoms with van der Waals surface area (Å²) in [6, 6.07) is 0. The van der Waals surface area contributed by atoms with Crippen LogP contribution in [0, 0.1) is 5.92 Å². The molecule has 1 aromatic rings. The van der Waals surface area contributed by atoms with Crippen molar-refractivity contribution in [3.8, 4) is 0 Å². The van der Waals surface area contributed by atoms with Crippen molar-refractivity contribution < 1.29 is 5.11 Å². The van der Waals surface area contributed by atoms with Crippen LogP contribution in [0.3, 0.4) is 0 Å². The molecule has 1 aromatic heterocycles. The van der Waals surface area contributed by atoms with E-state index >= 15 is 0 Å². The van der Waals surface area contributed by atoms with Gasteiger partial charge >= 0.3 is 0 Å². The van der Waals surface area contributed by atoms with Crippen LogP contribution in [0.5, 0.6) is 0 Å². The fourth-order valence-corrected chi connectivity index (χ4v) is 2.83. The molecule has 0 unspecified atom stereocenters. The molecule has 0 atom stereocenters. The van der Waals surface area contributed by atoms with E-state index in [1.165, 1.54) is 6.33 Å². The van der Waals surface area contributed by atoms with Crippen molar-refractivity contribution in [2.75, 3.05) is 11.9 Å². The van der Waals surface area contributed by atoms with Crippen LogP contribution in [0.25, 0.3) is 0 Å². The number of nitrogens with zero attached hydrogens (tertiary/aromatic N) is 2. The lowest BCUT2D eigenvalue weighted by Gasteiger charge is -2.26. The smallest absolute Gasteiger partial charge is 0.137 e. The highest BCUT2D eigenvalue weighted by Crippen LogP contribution is 2.26. The third-order valence-corrected chi connectivity index (χ3v) is 4.09. The van der Waals surface area contributed by atoms with Gasteiger partial charge in [-0.1, -0.05) is 24.9 Å². The lowest BCUT2D eigenvalue weighted by Crippen LogP contribution is -2.24. The summed E-state index contributed by atoms with van der Waals surface area (Å²) in [5.74, 6) is 1.49. The summed E-state index contributed by atoms with van der Waals surface area (Å²) in [6.07, 6.45) is 7.32. The summed E-state index contributed by atoms with van der Waals surface area (Å²) in [6.45, 7) is 3.02. The molecule has 0 aromatic carbocycles. The minimum atomic E-state index is -0.0969. The Hall–Kier alpha value is -0.870. The number of anilines is 1. The van der Waals surface area contributed by atoms with Gasteiger partial charge in [0, 0.05) is 12.1 Å². The molecule has 0 aliphatic heterocycles. The van der Waals surface area contributed by atoms with E-state index in [1.807, 2.05) is 0 Å². The normalized spacial score (nSPS) is 23.3. The number of nitrogens with one attached hydrogen (secondary N) is 1. The van der Waals surface area contributed by atoms with Crippen LogP contribution in [-0.4, -0.2) is 27.7 Å². The topological polar surface area (TPSA) is 58.0 Å². The molecule has 19 heavy (non-hydrogen) atoms. The number of aliphatic hydroxyl groups excluding tert-OH is 1. The number of aromatic nitrogens is 2. The van der Waals surface area contributed by atoms with E-state index in [0.717, 1.165) is 56.5 Å². The molecule has 106 valence electrons. The number of aliphatic hydroxyl groups is 1. The second-order valence-electron chi connectivity index (χ2n) is 5.30. The van der Waals surface area contributed by atoms with E-state index < -0.39 is 0 Å². The van der Waals surface area contributed by atoms with Crippen molar-refractivity contribution in [1.29, 1.82) is 0 Å². The summed E-state index contributed by atoms with van der Waals surface area (Å²) in [5, 5.41) is 13.5.